The molecule has 0 aliphatic carbocycles. The van der Waals surface area contributed by atoms with E-state index < -0.39 is 41.2 Å². The highest BCUT2D eigenvalue weighted by Gasteiger charge is 2.34. The monoisotopic (exact) mass is 477 g/mol. The second kappa shape index (κ2) is 9.44. The third-order valence-electron chi connectivity index (χ3n) is 5.38. The van der Waals surface area contributed by atoms with Gasteiger partial charge in [-0.15, -0.1) is 0 Å². The van der Waals surface area contributed by atoms with Crippen LogP contribution in [0.5, 0.6) is 0 Å². The summed E-state index contributed by atoms with van der Waals surface area (Å²) in [6, 6.07) is 3.04. The van der Waals surface area contributed by atoms with Crippen molar-refractivity contribution in [3.63, 3.8) is 0 Å². The van der Waals surface area contributed by atoms with Crippen LogP contribution >= 0.6 is 0 Å². The molecule has 6 nitrogen and oxygen atoms in total. The Bertz CT molecular complexity index is 1030. The molecule has 1 amide bonds. The minimum atomic E-state index is -4.80. The van der Waals surface area contributed by atoms with Gasteiger partial charge < -0.3 is 14.6 Å². The second-order valence-electron chi connectivity index (χ2n) is 7.88. The maximum absolute atomic E-state index is 12.9. The summed E-state index contributed by atoms with van der Waals surface area (Å²) in [4.78, 5) is 31.1. The molecule has 0 radical (unpaired) electrons. The molecule has 1 N–H and O–H groups in total. The van der Waals surface area contributed by atoms with Crippen molar-refractivity contribution in [2.75, 3.05) is 13.1 Å². The number of hydrogen-bond acceptors (Lipinski definition) is 4. The number of piperidine rings is 1. The number of aromatic amines is 1. The Morgan fingerprint density at radius 3 is 2.39 bits per heavy atom. The largest absolute Gasteiger partial charge is 0.446 e. The fourth-order valence-electron chi connectivity index (χ4n) is 3.65. The fourth-order valence-corrected chi connectivity index (χ4v) is 3.65. The van der Waals surface area contributed by atoms with Crippen LogP contribution in [0.15, 0.2) is 35.4 Å². The molecule has 33 heavy (non-hydrogen) atoms. The Kier molecular flexibility index (Phi) is 7.03. The van der Waals surface area contributed by atoms with Crippen LogP contribution in [0.1, 0.15) is 48.1 Å². The zero-order valence-electron chi connectivity index (χ0n) is 17.5. The third-order valence-corrected chi connectivity index (χ3v) is 5.38. The van der Waals surface area contributed by atoms with Gasteiger partial charge in [0.25, 0.3) is 5.56 Å². The highest BCUT2D eigenvalue weighted by molar-refractivity contribution is 5.68. The predicted octanol–water partition coefficient (Wildman–Crippen LogP) is 4.75. The molecule has 1 aliphatic rings. The van der Waals surface area contributed by atoms with Gasteiger partial charge in [0.2, 0.25) is 0 Å². The van der Waals surface area contributed by atoms with Gasteiger partial charge in [-0.1, -0.05) is 0 Å². The van der Waals surface area contributed by atoms with Crippen molar-refractivity contribution >= 4 is 6.09 Å². The lowest BCUT2D eigenvalue weighted by molar-refractivity contribution is -0.139. The highest BCUT2D eigenvalue weighted by Crippen LogP contribution is 2.32. The lowest BCUT2D eigenvalue weighted by Gasteiger charge is -2.32. The first-order valence-corrected chi connectivity index (χ1v) is 10.1. The third kappa shape index (κ3) is 6.26. The number of aromatic nitrogens is 2. The van der Waals surface area contributed by atoms with Crippen molar-refractivity contribution in [1.82, 2.24) is 14.9 Å². The Morgan fingerprint density at radius 2 is 1.85 bits per heavy atom. The van der Waals surface area contributed by atoms with E-state index >= 15 is 0 Å². The maximum Gasteiger partial charge on any atom is 0.421 e. The first-order valence-electron chi connectivity index (χ1n) is 10.1. The molecule has 3 heterocycles. The predicted molar refractivity (Wildman–Crippen MR) is 104 cm³/mol. The lowest BCUT2D eigenvalue weighted by atomic mass is 9.93. The van der Waals surface area contributed by atoms with E-state index in [9.17, 15) is 35.9 Å². The van der Waals surface area contributed by atoms with Crippen molar-refractivity contribution in [3.8, 4) is 0 Å². The van der Waals surface area contributed by atoms with Gasteiger partial charge in [0, 0.05) is 43.5 Å². The summed E-state index contributed by atoms with van der Waals surface area (Å²) in [7, 11) is 0. The van der Waals surface area contributed by atoms with Crippen molar-refractivity contribution in [2.45, 2.75) is 50.6 Å². The van der Waals surface area contributed by atoms with Crippen molar-refractivity contribution in [1.29, 1.82) is 0 Å². The topological polar surface area (TPSA) is 75.3 Å². The number of alkyl halides is 6. The smallest absolute Gasteiger partial charge is 0.421 e. The van der Waals surface area contributed by atoms with Crippen molar-refractivity contribution in [2.24, 2.45) is 0 Å². The summed E-state index contributed by atoms with van der Waals surface area (Å²) in [5, 5.41) is 0. The van der Waals surface area contributed by atoms with E-state index in [1.54, 1.807) is 0 Å². The van der Waals surface area contributed by atoms with E-state index in [0.717, 1.165) is 24.5 Å². The molecule has 0 saturated carbocycles. The van der Waals surface area contributed by atoms with E-state index in [4.69, 9.17) is 4.74 Å². The van der Waals surface area contributed by atoms with Crippen molar-refractivity contribution in [3.05, 3.63) is 63.3 Å². The van der Waals surface area contributed by atoms with Crippen LogP contribution in [0.3, 0.4) is 0 Å². The second-order valence-corrected chi connectivity index (χ2v) is 7.88. The summed E-state index contributed by atoms with van der Waals surface area (Å²) < 4.78 is 82.0. The number of likely N-dealkylation sites (tertiary alicyclic amines) is 1. The molecule has 2 aromatic rings. The molecule has 3 rings (SSSR count). The van der Waals surface area contributed by atoms with E-state index in [0.29, 0.717) is 31.6 Å². The number of halogens is 6. The molecule has 0 aromatic carbocycles. The number of rotatable bonds is 4. The van der Waals surface area contributed by atoms with E-state index in [2.05, 4.69) is 4.98 Å². The van der Waals surface area contributed by atoms with Crippen LogP contribution in [0, 0.1) is 0 Å². The number of amides is 1. The number of hydrogen-bond donors (Lipinski definition) is 1. The van der Waals surface area contributed by atoms with E-state index in [1.165, 1.54) is 17.9 Å². The standard InChI is InChI=1S/C21H21F6N3O3/c1-12(8-13-9-16(21(25,26)27)18(31)29-10-13)33-19(32)30-6-4-14(5-7-30)17-3-2-15(11-28-17)20(22,23)24/h2-3,9-12,14H,4-8H2,1H3,(H,29,31). The van der Waals surface area contributed by atoms with Crippen LogP contribution in [-0.2, 0) is 23.5 Å². The normalized spacial score (nSPS) is 16.5. The number of ether oxygens (including phenoxy) is 1. The Hall–Kier alpha value is -3.05. The minimum Gasteiger partial charge on any atom is -0.446 e. The molecule has 1 atom stereocenters. The first kappa shape index (κ1) is 24.6. The zero-order valence-corrected chi connectivity index (χ0v) is 17.5. The van der Waals surface area contributed by atoms with Gasteiger partial charge in [-0.25, -0.2) is 4.79 Å². The maximum atomic E-state index is 12.9. The van der Waals surface area contributed by atoms with Gasteiger partial charge in [0.15, 0.2) is 0 Å². The number of nitrogens with zero attached hydrogens (tertiary/aromatic N) is 2. The number of nitrogens with one attached hydrogen (secondary N) is 1. The fraction of sp³-hybridized carbons (Fsp3) is 0.476. The van der Waals surface area contributed by atoms with Gasteiger partial charge in [0.05, 0.1) is 5.56 Å². The number of carbonyl (C=O) groups is 1. The van der Waals surface area contributed by atoms with Crippen LogP contribution in [-0.4, -0.2) is 40.2 Å². The number of H-pyrrole nitrogens is 1. The Morgan fingerprint density at radius 1 is 1.18 bits per heavy atom. The van der Waals surface area contributed by atoms with E-state index in [-0.39, 0.29) is 17.9 Å². The molecule has 1 unspecified atom stereocenters. The summed E-state index contributed by atoms with van der Waals surface area (Å²) >= 11 is 0. The van der Waals surface area contributed by atoms with Crippen LogP contribution in [0.4, 0.5) is 31.1 Å². The van der Waals surface area contributed by atoms with Crippen LogP contribution in [0.2, 0.25) is 0 Å². The molecule has 1 fully saturated rings. The molecule has 180 valence electrons. The summed E-state index contributed by atoms with van der Waals surface area (Å²) in [5.41, 5.74) is -2.72. The van der Waals surface area contributed by atoms with Gasteiger partial charge in [-0.05, 0) is 43.5 Å². The lowest BCUT2D eigenvalue weighted by Crippen LogP contribution is -2.40. The molecule has 1 saturated heterocycles. The van der Waals surface area contributed by atoms with Gasteiger partial charge >= 0.3 is 18.4 Å². The molecule has 0 spiro atoms. The Balaban J connectivity index is 1.52. The van der Waals surface area contributed by atoms with Gasteiger partial charge in [-0.2, -0.15) is 26.3 Å². The SMILES string of the molecule is CC(Cc1c[nH]c(=O)c(C(F)(F)F)c1)OC(=O)N1CCC(c2ccc(C(F)(F)F)cn2)CC1. The van der Waals surface area contributed by atoms with E-state index in [1.807, 2.05) is 4.98 Å². The van der Waals surface area contributed by atoms with Gasteiger partial charge in [0.1, 0.15) is 11.7 Å². The first-order chi connectivity index (χ1) is 15.3. The molecule has 12 heteroatoms. The van der Waals surface area contributed by atoms with Crippen LogP contribution < -0.4 is 5.56 Å². The number of carbonyl (C=O) groups excluding carboxylic acids is 1. The van der Waals surface area contributed by atoms with Gasteiger partial charge in [-0.3, -0.25) is 9.78 Å². The molecular weight excluding hydrogens is 456 g/mol. The molecule has 2 aromatic heterocycles. The zero-order chi connectivity index (χ0) is 24.4. The summed E-state index contributed by atoms with van der Waals surface area (Å²) in [6.45, 7) is 2.13. The average molecular weight is 477 g/mol. The minimum absolute atomic E-state index is 0.0302. The molecule has 1 aliphatic heterocycles. The number of pyridine rings is 2. The van der Waals surface area contributed by atoms with Crippen molar-refractivity contribution < 1.29 is 35.9 Å². The van der Waals surface area contributed by atoms with Crippen LogP contribution in [0.25, 0.3) is 0 Å². The summed E-state index contributed by atoms with van der Waals surface area (Å²) in [6.07, 6.45) is -7.77. The molecule has 0 bridgehead atoms. The average Bonchev–Trinajstić information content (AvgIpc) is 2.74. The highest BCUT2D eigenvalue weighted by atomic mass is 19.4. The summed E-state index contributed by atoms with van der Waals surface area (Å²) in [5.74, 6) is -0.101. The Labute approximate surface area is 184 Å². The molecular formula is C21H21F6N3O3. The quantitative estimate of drug-likeness (QED) is 0.645.